The molecule has 0 spiro atoms. The van der Waals surface area contributed by atoms with Crippen LogP contribution in [0.3, 0.4) is 0 Å². The van der Waals surface area contributed by atoms with Crippen molar-refractivity contribution < 1.29 is 9.53 Å². The molecule has 0 aromatic rings. The molecule has 1 aliphatic rings. The highest BCUT2D eigenvalue weighted by Crippen LogP contribution is 2.39. The monoisotopic (exact) mass is 292 g/mol. The zero-order valence-electron chi connectivity index (χ0n) is 12.9. The second kappa shape index (κ2) is 6.91. The lowest BCUT2D eigenvalue weighted by atomic mass is 9.76. The van der Waals surface area contributed by atoms with E-state index in [1.54, 1.807) is 0 Å². The Labute approximate surface area is 123 Å². The van der Waals surface area contributed by atoms with Crippen LogP contribution in [0.5, 0.6) is 0 Å². The summed E-state index contributed by atoms with van der Waals surface area (Å²) >= 11 is 0. The fraction of sp³-hybridized carbons (Fsp3) is 0.929. The number of rotatable bonds is 5. The SMILES string of the molecule is CCOC(=O)C1(C(C)C)CCN(CC(C)(C)N)C1.Cl. The summed E-state index contributed by atoms with van der Waals surface area (Å²) in [7, 11) is 0. The van der Waals surface area contributed by atoms with E-state index in [1.807, 2.05) is 20.8 Å². The first-order valence-corrected chi connectivity index (χ1v) is 6.90. The van der Waals surface area contributed by atoms with Crippen LogP contribution in [0.1, 0.15) is 41.0 Å². The number of carbonyl (C=O) groups is 1. The van der Waals surface area contributed by atoms with Crippen molar-refractivity contribution in [3.8, 4) is 0 Å². The molecule has 0 saturated carbocycles. The van der Waals surface area contributed by atoms with Gasteiger partial charge in [-0.1, -0.05) is 13.8 Å². The van der Waals surface area contributed by atoms with E-state index in [0.29, 0.717) is 12.5 Å². The average Bonchev–Trinajstić information content (AvgIpc) is 2.60. The Hall–Kier alpha value is -0.320. The van der Waals surface area contributed by atoms with Crippen molar-refractivity contribution in [2.75, 3.05) is 26.2 Å². The molecule has 1 saturated heterocycles. The van der Waals surface area contributed by atoms with Crippen LogP contribution in [0.25, 0.3) is 0 Å². The van der Waals surface area contributed by atoms with Crippen LogP contribution in [-0.4, -0.2) is 42.6 Å². The van der Waals surface area contributed by atoms with Crippen LogP contribution in [0.2, 0.25) is 0 Å². The average molecular weight is 293 g/mol. The fourth-order valence-electron chi connectivity index (χ4n) is 2.77. The Bertz CT molecular complexity index is 302. The molecule has 2 N–H and O–H groups in total. The molecule has 1 aliphatic heterocycles. The molecule has 1 fully saturated rings. The summed E-state index contributed by atoms with van der Waals surface area (Å²) in [6.45, 7) is 13.1. The molecule has 4 nitrogen and oxygen atoms in total. The third-order valence-electron chi connectivity index (χ3n) is 3.80. The minimum atomic E-state index is -0.346. The number of ether oxygens (including phenoxy) is 1. The molecule has 1 unspecified atom stereocenters. The van der Waals surface area contributed by atoms with Crippen molar-refractivity contribution in [2.45, 2.75) is 46.6 Å². The second-order valence-corrected chi connectivity index (χ2v) is 6.48. The number of carbonyl (C=O) groups excluding carboxylic acids is 1. The topological polar surface area (TPSA) is 55.6 Å². The number of hydrogen-bond acceptors (Lipinski definition) is 4. The Balaban J connectivity index is 0.00000324. The highest BCUT2D eigenvalue weighted by Gasteiger charge is 2.48. The summed E-state index contributed by atoms with van der Waals surface area (Å²) < 4.78 is 5.27. The van der Waals surface area contributed by atoms with E-state index in [-0.39, 0.29) is 29.3 Å². The Morgan fingerprint density at radius 3 is 2.47 bits per heavy atom. The Kier molecular flexibility index (Phi) is 6.79. The molecule has 1 rings (SSSR count). The van der Waals surface area contributed by atoms with Crippen molar-refractivity contribution >= 4 is 18.4 Å². The van der Waals surface area contributed by atoms with Gasteiger partial charge in [-0.05, 0) is 39.7 Å². The van der Waals surface area contributed by atoms with E-state index < -0.39 is 0 Å². The summed E-state index contributed by atoms with van der Waals surface area (Å²) in [6, 6.07) is 0. The van der Waals surface area contributed by atoms with Crippen molar-refractivity contribution in [2.24, 2.45) is 17.1 Å². The normalized spacial score (nSPS) is 24.4. The van der Waals surface area contributed by atoms with E-state index in [1.165, 1.54) is 0 Å². The summed E-state index contributed by atoms with van der Waals surface area (Å²) in [5, 5.41) is 0. The molecule has 114 valence electrons. The van der Waals surface area contributed by atoms with Crippen LogP contribution in [-0.2, 0) is 9.53 Å². The minimum Gasteiger partial charge on any atom is -0.466 e. The number of nitrogens with zero attached hydrogens (tertiary/aromatic N) is 1. The predicted octanol–water partition coefficient (Wildman–Crippen LogP) is 2.06. The smallest absolute Gasteiger partial charge is 0.313 e. The Morgan fingerprint density at radius 1 is 1.47 bits per heavy atom. The second-order valence-electron chi connectivity index (χ2n) is 6.48. The third-order valence-corrected chi connectivity index (χ3v) is 3.80. The van der Waals surface area contributed by atoms with Crippen LogP contribution in [0.4, 0.5) is 0 Å². The number of likely N-dealkylation sites (tertiary alicyclic amines) is 1. The summed E-state index contributed by atoms with van der Waals surface area (Å²) in [6.07, 6.45) is 0.875. The first-order valence-electron chi connectivity index (χ1n) is 6.90. The van der Waals surface area contributed by atoms with Crippen LogP contribution >= 0.6 is 12.4 Å². The maximum atomic E-state index is 12.2. The number of esters is 1. The first-order chi connectivity index (χ1) is 8.21. The predicted molar refractivity (Wildman–Crippen MR) is 80.5 cm³/mol. The maximum absolute atomic E-state index is 12.2. The quantitative estimate of drug-likeness (QED) is 0.788. The molecule has 0 bridgehead atoms. The zero-order valence-corrected chi connectivity index (χ0v) is 13.7. The number of halogens is 1. The summed E-state index contributed by atoms with van der Waals surface area (Å²) in [4.78, 5) is 14.5. The molecule has 5 heteroatoms. The van der Waals surface area contributed by atoms with Gasteiger partial charge in [0.05, 0.1) is 12.0 Å². The largest absolute Gasteiger partial charge is 0.466 e. The fourth-order valence-corrected chi connectivity index (χ4v) is 2.77. The van der Waals surface area contributed by atoms with Gasteiger partial charge in [-0.3, -0.25) is 4.79 Å². The molecule has 1 atom stereocenters. The van der Waals surface area contributed by atoms with Crippen LogP contribution in [0, 0.1) is 11.3 Å². The van der Waals surface area contributed by atoms with Gasteiger partial charge in [-0.2, -0.15) is 0 Å². The molecule has 19 heavy (non-hydrogen) atoms. The lowest BCUT2D eigenvalue weighted by molar-refractivity contribution is -0.157. The molecule has 0 radical (unpaired) electrons. The molecule has 0 amide bonds. The lowest BCUT2D eigenvalue weighted by Gasteiger charge is -2.32. The van der Waals surface area contributed by atoms with Gasteiger partial charge in [0.15, 0.2) is 0 Å². The van der Waals surface area contributed by atoms with E-state index in [9.17, 15) is 4.79 Å². The van der Waals surface area contributed by atoms with Gasteiger partial charge in [0, 0.05) is 18.6 Å². The molecule has 0 aliphatic carbocycles. The van der Waals surface area contributed by atoms with Crippen molar-refractivity contribution in [1.82, 2.24) is 4.90 Å². The highest BCUT2D eigenvalue weighted by molar-refractivity contribution is 5.85. The van der Waals surface area contributed by atoms with Crippen LogP contribution < -0.4 is 5.73 Å². The van der Waals surface area contributed by atoms with Gasteiger partial charge < -0.3 is 15.4 Å². The summed E-state index contributed by atoms with van der Waals surface area (Å²) in [5.41, 5.74) is 5.49. The van der Waals surface area contributed by atoms with Gasteiger partial charge >= 0.3 is 5.97 Å². The lowest BCUT2D eigenvalue weighted by Crippen LogP contribution is -2.47. The van der Waals surface area contributed by atoms with Crippen LogP contribution in [0.15, 0.2) is 0 Å². The van der Waals surface area contributed by atoms with Gasteiger partial charge in [-0.15, -0.1) is 12.4 Å². The van der Waals surface area contributed by atoms with Crippen molar-refractivity contribution in [3.05, 3.63) is 0 Å². The number of nitrogens with two attached hydrogens (primary N) is 1. The third kappa shape index (κ3) is 4.62. The van der Waals surface area contributed by atoms with E-state index in [2.05, 4.69) is 18.7 Å². The van der Waals surface area contributed by atoms with Gasteiger partial charge in [-0.25, -0.2) is 0 Å². The van der Waals surface area contributed by atoms with E-state index in [0.717, 1.165) is 26.1 Å². The van der Waals surface area contributed by atoms with Gasteiger partial charge in [0.25, 0.3) is 0 Å². The van der Waals surface area contributed by atoms with Gasteiger partial charge in [0.2, 0.25) is 0 Å². The molecular weight excluding hydrogens is 264 g/mol. The van der Waals surface area contributed by atoms with Crippen molar-refractivity contribution in [1.29, 1.82) is 0 Å². The number of hydrogen-bond donors (Lipinski definition) is 1. The Morgan fingerprint density at radius 2 is 2.05 bits per heavy atom. The maximum Gasteiger partial charge on any atom is 0.313 e. The molecular formula is C14H29ClN2O2. The van der Waals surface area contributed by atoms with E-state index >= 15 is 0 Å². The standard InChI is InChI=1S/C14H28N2O2.ClH/c1-6-18-12(17)14(11(2)3)7-8-16(10-14)9-13(4,5)15;/h11H,6-10,15H2,1-5H3;1H. The van der Waals surface area contributed by atoms with Crippen molar-refractivity contribution in [3.63, 3.8) is 0 Å². The molecule has 0 aromatic heterocycles. The summed E-state index contributed by atoms with van der Waals surface area (Å²) in [5.74, 6) is 0.250. The minimum absolute atomic E-state index is 0. The zero-order chi connectivity index (χ0) is 14.0. The first kappa shape index (κ1) is 18.7. The highest BCUT2D eigenvalue weighted by atomic mass is 35.5. The van der Waals surface area contributed by atoms with Gasteiger partial charge in [0.1, 0.15) is 0 Å². The molecule has 1 heterocycles. The van der Waals surface area contributed by atoms with E-state index in [4.69, 9.17) is 10.5 Å². The molecule has 0 aromatic carbocycles.